The van der Waals surface area contributed by atoms with Crippen LogP contribution in [0, 0.1) is 0 Å². The van der Waals surface area contributed by atoms with Crippen molar-refractivity contribution in [3.05, 3.63) is 70.6 Å². The van der Waals surface area contributed by atoms with E-state index in [1.807, 2.05) is 24.3 Å². The first-order valence-electron chi connectivity index (χ1n) is 8.25. The smallest absolute Gasteiger partial charge is 0.336 e. The maximum absolute atomic E-state index is 12.8. The highest BCUT2D eigenvalue weighted by atomic mass is 16.4. The molecule has 1 aliphatic heterocycles. The normalized spacial score (nSPS) is 15.7. The van der Waals surface area contributed by atoms with E-state index in [9.17, 15) is 14.4 Å². The van der Waals surface area contributed by atoms with E-state index in [0.717, 1.165) is 11.3 Å². The molecule has 4 rings (SSSR count). The quantitative estimate of drug-likeness (QED) is 0.722. The fourth-order valence-electron chi connectivity index (χ4n) is 3.36. The van der Waals surface area contributed by atoms with Gasteiger partial charge in [-0.1, -0.05) is 18.2 Å². The average molecular weight is 348 g/mol. The molecular weight excluding hydrogens is 332 g/mol. The number of carbonyl (C=O) groups is 2. The third kappa shape index (κ3) is 2.75. The molecule has 0 radical (unpaired) electrons. The van der Waals surface area contributed by atoms with Crippen LogP contribution in [0.5, 0.6) is 0 Å². The van der Waals surface area contributed by atoms with Crippen molar-refractivity contribution in [2.75, 3.05) is 10.2 Å². The molecule has 0 unspecified atom stereocenters. The Morgan fingerprint density at radius 3 is 2.73 bits per heavy atom. The maximum atomic E-state index is 12.8. The molecule has 0 spiro atoms. The van der Waals surface area contributed by atoms with Gasteiger partial charge in [-0.05, 0) is 35.9 Å². The van der Waals surface area contributed by atoms with Gasteiger partial charge in [0, 0.05) is 36.2 Å². The minimum Gasteiger partial charge on any atom is -0.423 e. The highest BCUT2D eigenvalue weighted by Gasteiger charge is 2.36. The highest BCUT2D eigenvalue weighted by Crippen LogP contribution is 2.32. The molecule has 6 heteroatoms. The summed E-state index contributed by atoms with van der Waals surface area (Å²) in [5.74, 6) is -0.427. The molecule has 130 valence electrons. The summed E-state index contributed by atoms with van der Waals surface area (Å²) in [5.41, 5.74) is 2.36. The summed E-state index contributed by atoms with van der Waals surface area (Å²) in [7, 11) is 0. The van der Waals surface area contributed by atoms with Gasteiger partial charge in [0.15, 0.2) is 0 Å². The molecule has 1 aromatic heterocycles. The number of fused-ring (bicyclic) bond motifs is 2. The Balaban J connectivity index is 1.61. The number of nitrogens with zero attached hydrogens (tertiary/aromatic N) is 1. The Bertz CT molecular complexity index is 1090. The molecule has 6 nitrogen and oxygen atoms in total. The van der Waals surface area contributed by atoms with Gasteiger partial charge in [-0.25, -0.2) is 4.79 Å². The molecule has 2 amide bonds. The first-order valence-corrected chi connectivity index (χ1v) is 8.25. The van der Waals surface area contributed by atoms with Gasteiger partial charge in [-0.2, -0.15) is 0 Å². The van der Waals surface area contributed by atoms with E-state index < -0.39 is 11.7 Å². The van der Waals surface area contributed by atoms with Gasteiger partial charge in [-0.15, -0.1) is 0 Å². The number of anilines is 2. The lowest BCUT2D eigenvalue weighted by Gasteiger charge is -2.23. The Morgan fingerprint density at radius 2 is 1.92 bits per heavy atom. The van der Waals surface area contributed by atoms with E-state index >= 15 is 0 Å². The Kier molecular flexibility index (Phi) is 3.80. The van der Waals surface area contributed by atoms with E-state index in [2.05, 4.69) is 5.32 Å². The Hall–Kier alpha value is -3.41. The van der Waals surface area contributed by atoms with Gasteiger partial charge in [0.25, 0.3) is 0 Å². The lowest BCUT2D eigenvalue weighted by Crippen LogP contribution is -2.44. The molecule has 2 aromatic carbocycles. The topological polar surface area (TPSA) is 79.6 Å². The summed E-state index contributed by atoms with van der Waals surface area (Å²) in [6, 6.07) is 15.0. The third-order valence-corrected chi connectivity index (χ3v) is 4.50. The molecule has 26 heavy (non-hydrogen) atoms. The predicted octanol–water partition coefficient (Wildman–Crippen LogP) is 2.71. The van der Waals surface area contributed by atoms with Crippen molar-refractivity contribution in [2.24, 2.45) is 0 Å². The minimum atomic E-state index is -0.589. The number of para-hydroxylation sites is 1. The molecule has 0 saturated carbocycles. The Morgan fingerprint density at radius 1 is 1.12 bits per heavy atom. The lowest BCUT2D eigenvalue weighted by atomic mass is 10.1. The summed E-state index contributed by atoms with van der Waals surface area (Å²) >= 11 is 0. The maximum Gasteiger partial charge on any atom is 0.336 e. The van der Waals surface area contributed by atoms with Crippen LogP contribution >= 0.6 is 0 Å². The predicted molar refractivity (Wildman–Crippen MR) is 98.2 cm³/mol. The van der Waals surface area contributed by atoms with Crippen molar-refractivity contribution < 1.29 is 14.0 Å². The van der Waals surface area contributed by atoms with Gasteiger partial charge in [0.2, 0.25) is 11.8 Å². The van der Waals surface area contributed by atoms with E-state index in [1.165, 1.54) is 17.9 Å². The average Bonchev–Trinajstić information content (AvgIpc) is 3.02. The minimum absolute atomic E-state index is 0.171. The van der Waals surface area contributed by atoms with Crippen molar-refractivity contribution >= 4 is 34.2 Å². The summed E-state index contributed by atoms with van der Waals surface area (Å²) in [6.07, 6.45) is 0.476. The van der Waals surface area contributed by atoms with Crippen LogP contribution in [0.1, 0.15) is 12.5 Å². The molecule has 0 bridgehead atoms. The lowest BCUT2D eigenvalue weighted by molar-refractivity contribution is -0.122. The van der Waals surface area contributed by atoms with Crippen LogP contribution in [0.25, 0.3) is 11.0 Å². The molecule has 0 saturated heterocycles. The van der Waals surface area contributed by atoms with Gasteiger partial charge < -0.3 is 9.73 Å². The molecule has 3 aromatic rings. The zero-order chi connectivity index (χ0) is 18.3. The number of nitrogens with one attached hydrogen (secondary N) is 1. The molecule has 1 atom stereocenters. The molecule has 1 N–H and O–H groups in total. The summed E-state index contributed by atoms with van der Waals surface area (Å²) in [6.45, 7) is 1.46. The SMILES string of the molecule is CC(=O)N1c2ccccc2C[C@H]1C(=O)Nc1ccc2oc(=O)ccc2c1. The largest absolute Gasteiger partial charge is 0.423 e. The van der Waals surface area contributed by atoms with Crippen LogP contribution in [0.2, 0.25) is 0 Å². The third-order valence-electron chi connectivity index (χ3n) is 4.50. The number of hydrogen-bond acceptors (Lipinski definition) is 4. The fraction of sp³-hybridized carbons (Fsp3) is 0.150. The van der Waals surface area contributed by atoms with Crippen LogP contribution in [0.15, 0.2) is 63.8 Å². The van der Waals surface area contributed by atoms with Crippen molar-refractivity contribution in [1.82, 2.24) is 0 Å². The van der Waals surface area contributed by atoms with Gasteiger partial charge in [0.05, 0.1) is 0 Å². The second kappa shape index (κ2) is 6.15. The van der Waals surface area contributed by atoms with Crippen molar-refractivity contribution in [1.29, 1.82) is 0 Å². The van der Waals surface area contributed by atoms with E-state index in [1.54, 1.807) is 24.3 Å². The van der Waals surface area contributed by atoms with Crippen LogP contribution in [-0.2, 0) is 16.0 Å². The van der Waals surface area contributed by atoms with Crippen LogP contribution in [0.3, 0.4) is 0 Å². The highest BCUT2D eigenvalue weighted by molar-refractivity contribution is 6.07. The van der Waals surface area contributed by atoms with Crippen molar-refractivity contribution in [3.63, 3.8) is 0 Å². The first kappa shape index (κ1) is 16.1. The van der Waals surface area contributed by atoms with Crippen molar-refractivity contribution in [3.8, 4) is 0 Å². The van der Waals surface area contributed by atoms with E-state index in [0.29, 0.717) is 23.1 Å². The van der Waals surface area contributed by atoms with E-state index in [-0.39, 0.29) is 11.8 Å². The number of hydrogen-bond donors (Lipinski definition) is 1. The summed E-state index contributed by atoms with van der Waals surface area (Å²) in [5, 5.41) is 3.57. The number of amides is 2. The van der Waals surface area contributed by atoms with Crippen molar-refractivity contribution in [2.45, 2.75) is 19.4 Å². The van der Waals surface area contributed by atoms with Crippen LogP contribution in [-0.4, -0.2) is 17.9 Å². The zero-order valence-electron chi connectivity index (χ0n) is 14.1. The van der Waals surface area contributed by atoms with Gasteiger partial charge >= 0.3 is 5.63 Å². The molecule has 2 heterocycles. The van der Waals surface area contributed by atoms with Crippen LogP contribution in [0.4, 0.5) is 11.4 Å². The monoisotopic (exact) mass is 348 g/mol. The van der Waals surface area contributed by atoms with Crippen LogP contribution < -0.4 is 15.8 Å². The number of carbonyl (C=O) groups excluding carboxylic acids is 2. The molecule has 0 fully saturated rings. The molecule has 1 aliphatic rings. The summed E-state index contributed by atoms with van der Waals surface area (Å²) < 4.78 is 5.09. The second-order valence-electron chi connectivity index (χ2n) is 6.23. The number of rotatable bonds is 2. The number of benzene rings is 2. The van der Waals surface area contributed by atoms with Gasteiger partial charge in [0.1, 0.15) is 11.6 Å². The second-order valence-corrected chi connectivity index (χ2v) is 6.23. The molecular formula is C20H16N2O4. The van der Waals surface area contributed by atoms with Gasteiger partial charge in [-0.3, -0.25) is 14.5 Å². The summed E-state index contributed by atoms with van der Waals surface area (Å²) in [4.78, 5) is 37.7. The Labute approximate surface area is 149 Å². The first-order chi connectivity index (χ1) is 12.5. The standard InChI is InChI=1S/C20H16N2O4/c1-12(23)22-16-5-3-2-4-13(16)11-17(22)20(25)21-15-7-8-18-14(10-15)6-9-19(24)26-18/h2-10,17H,11H2,1H3,(H,21,25)/t17-/m0/s1. The molecule has 0 aliphatic carbocycles. The fourth-order valence-corrected chi connectivity index (χ4v) is 3.36. The zero-order valence-corrected chi connectivity index (χ0v) is 14.1. The van der Waals surface area contributed by atoms with E-state index in [4.69, 9.17) is 4.42 Å².